The third-order valence-corrected chi connectivity index (χ3v) is 3.59. The number of nitrogens with zero attached hydrogens (tertiary/aromatic N) is 2. The number of nitrogens with two attached hydrogens (primary N) is 1. The van der Waals surface area contributed by atoms with Gasteiger partial charge in [0.05, 0.1) is 11.0 Å². The quantitative estimate of drug-likeness (QED) is 0.918. The van der Waals surface area contributed by atoms with Crippen LogP contribution in [-0.2, 0) is 0 Å². The van der Waals surface area contributed by atoms with Crippen LogP contribution in [-0.4, -0.2) is 16.1 Å². The average molecular weight is 263 g/mol. The molecule has 1 atom stereocenters. The number of aromatic nitrogens is 2. The van der Waals surface area contributed by atoms with Crippen molar-refractivity contribution in [3.63, 3.8) is 0 Å². The monoisotopic (exact) mass is 263 g/mol. The first-order chi connectivity index (χ1) is 8.95. The molecule has 4 heteroatoms. The lowest BCUT2D eigenvalue weighted by Gasteiger charge is -2.22. The summed E-state index contributed by atoms with van der Waals surface area (Å²) in [5.41, 5.74) is 7.59. The van der Waals surface area contributed by atoms with Crippen LogP contribution in [0.15, 0.2) is 18.2 Å². The van der Waals surface area contributed by atoms with Gasteiger partial charge in [-0.3, -0.25) is 0 Å². The molecule has 0 saturated heterocycles. The van der Waals surface area contributed by atoms with Crippen molar-refractivity contribution in [3.8, 4) is 0 Å². The first kappa shape index (κ1) is 14.0. The summed E-state index contributed by atoms with van der Waals surface area (Å²) >= 11 is 0. The molecule has 1 aromatic heterocycles. The van der Waals surface area contributed by atoms with E-state index in [-0.39, 0.29) is 17.8 Å². The van der Waals surface area contributed by atoms with Crippen molar-refractivity contribution in [2.24, 2.45) is 11.7 Å². The Morgan fingerprint density at radius 2 is 1.95 bits per heavy atom. The van der Waals surface area contributed by atoms with E-state index in [1.807, 2.05) is 0 Å². The molecule has 0 aliphatic heterocycles. The molecule has 0 bridgehead atoms. The van der Waals surface area contributed by atoms with Gasteiger partial charge in [0, 0.05) is 18.5 Å². The Bertz CT molecular complexity index is 572. The third kappa shape index (κ3) is 2.50. The SMILES string of the molecule is CC(C)C(CN)c1nc2ccc(F)cc2n1C(C)C. The first-order valence-electron chi connectivity index (χ1n) is 6.83. The molecule has 0 aliphatic rings. The zero-order valence-electron chi connectivity index (χ0n) is 12.0. The topological polar surface area (TPSA) is 43.8 Å². The Labute approximate surface area is 113 Å². The number of rotatable bonds is 4. The highest BCUT2D eigenvalue weighted by Gasteiger charge is 2.23. The molecule has 104 valence electrons. The lowest BCUT2D eigenvalue weighted by Crippen LogP contribution is -2.22. The second kappa shape index (κ2) is 5.29. The average Bonchev–Trinajstić information content (AvgIpc) is 2.67. The summed E-state index contributed by atoms with van der Waals surface area (Å²) in [5.74, 6) is 1.34. The molecule has 0 spiro atoms. The lowest BCUT2D eigenvalue weighted by molar-refractivity contribution is 0.449. The maximum absolute atomic E-state index is 13.5. The van der Waals surface area contributed by atoms with E-state index in [1.165, 1.54) is 6.07 Å². The Balaban J connectivity index is 2.69. The number of hydrogen-bond donors (Lipinski definition) is 1. The minimum absolute atomic E-state index is 0.192. The fraction of sp³-hybridized carbons (Fsp3) is 0.533. The van der Waals surface area contributed by atoms with Crippen molar-refractivity contribution in [2.75, 3.05) is 6.54 Å². The van der Waals surface area contributed by atoms with Crippen LogP contribution in [0.2, 0.25) is 0 Å². The molecule has 0 fully saturated rings. The summed E-state index contributed by atoms with van der Waals surface area (Å²) in [6.07, 6.45) is 0. The highest BCUT2D eigenvalue weighted by atomic mass is 19.1. The number of halogens is 1. The summed E-state index contributed by atoms with van der Waals surface area (Å²) in [5, 5.41) is 0. The molecule has 19 heavy (non-hydrogen) atoms. The van der Waals surface area contributed by atoms with Crippen molar-refractivity contribution in [3.05, 3.63) is 29.8 Å². The molecule has 3 nitrogen and oxygen atoms in total. The van der Waals surface area contributed by atoms with Crippen LogP contribution in [0.4, 0.5) is 4.39 Å². The van der Waals surface area contributed by atoms with Crippen LogP contribution in [0.3, 0.4) is 0 Å². The molecule has 0 aliphatic carbocycles. The minimum Gasteiger partial charge on any atom is -0.330 e. The van der Waals surface area contributed by atoms with Gasteiger partial charge in [0.15, 0.2) is 0 Å². The molecule has 2 rings (SSSR count). The summed E-state index contributed by atoms with van der Waals surface area (Å²) in [6.45, 7) is 9.01. The molecule has 2 N–H and O–H groups in total. The molecular weight excluding hydrogens is 241 g/mol. The summed E-state index contributed by atoms with van der Waals surface area (Å²) in [7, 11) is 0. The lowest BCUT2D eigenvalue weighted by atomic mass is 9.95. The van der Waals surface area contributed by atoms with Crippen LogP contribution < -0.4 is 5.73 Å². The van der Waals surface area contributed by atoms with E-state index < -0.39 is 0 Å². The molecule has 1 aromatic carbocycles. The van der Waals surface area contributed by atoms with Crippen LogP contribution in [0.1, 0.15) is 45.5 Å². The fourth-order valence-corrected chi connectivity index (χ4v) is 2.56. The second-order valence-corrected chi connectivity index (χ2v) is 5.65. The van der Waals surface area contributed by atoms with Gasteiger partial charge in [0.1, 0.15) is 11.6 Å². The third-order valence-electron chi connectivity index (χ3n) is 3.59. The van der Waals surface area contributed by atoms with Crippen molar-refractivity contribution < 1.29 is 4.39 Å². The van der Waals surface area contributed by atoms with Crippen molar-refractivity contribution in [1.29, 1.82) is 0 Å². The van der Waals surface area contributed by atoms with Gasteiger partial charge in [-0.2, -0.15) is 0 Å². The smallest absolute Gasteiger partial charge is 0.125 e. The van der Waals surface area contributed by atoms with Gasteiger partial charge in [0.2, 0.25) is 0 Å². The predicted molar refractivity (Wildman–Crippen MR) is 76.7 cm³/mol. The van der Waals surface area contributed by atoms with Crippen LogP contribution in [0.25, 0.3) is 11.0 Å². The van der Waals surface area contributed by atoms with Crippen LogP contribution >= 0.6 is 0 Å². The zero-order chi connectivity index (χ0) is 14.2. The van der Waals surface area contributed by atoms with Gasteiger partial charge < -0.3 is 10.3 Å². The van der Waals surface area contributed by atoms with Crippen molar-refractivity contribution in [1.82, 2.24) is 9.55 Å². The standard InChI is InChI=1S/C15H22FN3/c1-9(2)12(8-17)15-18-13-6-5-11(16)7-14(13)19(15)10(3)4/h5-7,9-10,12H,8,17H2,1-4H3. The van der Waals surface area contributed by atoms with E-state index >= 15 is 0 Å². The van der Waals surface area contributed by atoms with E-state index in [0.717, 1.165) is 16.9 Å². The zero-order valence-corrected chi connectivity index (χ0v) is 12.0. The van der Waals surface area contributed by atoms with Gasteiger partial charge >= 0.3 is 0 Å². The Morgan fingerprint density at radius 1 is 1.26 bits per heavy atom. The molecule has 1 heterocycles. The normalized spacial score (nSPS) is 13.7. The van der Waals surface area contributed by atoms with Gasteiger partial charge in [0.25, 0.3) is 0 Å². The maximum atomic E-state index is 13.5. The molecular formula is C15H22FN3. The Hall–Kier alpha value is -1.42. The minimum atomic E-state index is -0.227. The second-order valence-electron chi connectivity index (χ2n) is 5.65. The van der Waals surface area contributed by atoms with Gasteiger partial charge in [-0.1, -0.05) is 13.8 Å². The van der Waals surface area contributed by atoms with Crippen LogP contribution in [0, 0.1) is 11.7 Å². The number of benzene rings is 1. The highest BCUT2D eigenvalue weighted by molar-refractivity contribution is 5.76. The fourth-order valence-electron chi connectivity index (χ4n) is 2.56. The van der Waals surface area contributed by atoms with Crippen molar-refractivity contribution in [2.45, 2.75) is 39.7 Å². The molecule has 0 saturated carbocycles. The summed E-state index contributed by atoms with van der Waals surface area (Å²) in [4.78, 5) is 4.68. The molecule has 0 amide bonds. The van der Waals surface area contributed by atoms with E-state index in [2.05, 4.69) is 37.2 Å². The maximum Gasteiger partial charge on any atom is 0.125 e. The molecule has 2 aromatic rings. The number of imidazole rings is 1. The van der Waals surface area contributed by atoms with Gasteiger partial charge in [-0.25, -0.2) is 9.37 Å². The first-order valence-corrected chi connectivity index (χ1v) is 6.83. The van der Waals surface area contributed by atoms with E-state index in [0.29, 0.717) is 12.5 Å². The van der Waals surface area contributed by atoms with Crippen LogP contribution in [0.5, 0.6) is 0 Å². The highest BCUT2D eigenvalue weighted by Crippen LogP contribution is 2.29. The van der Waals surface area contributed by atoms with E-state index in [4.69, 9.17) is 5.73 Å². The Morgan fingerprint density at radius 3 is 2.47 bits per heavy atom. The van der Waals surface area contributed by atoms with Gasteiger partial charge in [-0.05, 0) is 38.0 Å². The summed E-state index contributed by atoms with van der Waals surface area (Å²) < 4.78 is 15.6. The summed E-state index contributed by atoms with van der Waals surface area (Å²) in [6, 6.07) is 4.98. The Kier molecular flexibility index (Phi) is 3.90. The largest absolute Gasteiger partial charge is 0.330 e. The molecule has 1 unspecified atom stereocenters. The predicted octanol–water partition coefficient (Wildman–Crippen LogP) is 3.45. The van der Waals surface area contributed by atoms with E-state index in [9.17, 15) is 4.39 Å². The molecule has 0 radical (unpaired) electrons. The van der Waals surface area contributed by atoms with E-state index in [1.54, 1.807) is 12.1 Å². The van der Waals surface area contributed by atoms with Crippen molar-refractivity contribution >= 4 is 11.0 Å². The van der Waals surface area contributed by atoms with Gasteiger partial charge in [-0.15, -0.1) is 0 Å². The number of fused-ring (bicyclic) bond motifs is 1. The number of hydrogen-bond acceptors (Lipinski definition) is 2.